The maximum Gasteiger partial charge on any atom is 0.311 e. The van der Waals surface area contributed by atoms with Crippen molar-refractivity contribution in [3.8, 4) is 0 Å². The predicted octanol–water partition coefficient (Wildman–Crippen LogP) is 4.57. The van der Waals surface area contributed by atoms with Crippen LogP contribution in [0.2, 0.25) is 0 Å². The maximum atomic E-state index is 12.9. The molecule has 0 spiro atoms. The van der Waals surface area contributed by atoms with Crippen molar-refractivity contribution in [3.05, 3.63) is 28.2 Å². The third kappa shape index (κ3) is 5.04. The van der Waals surface area contributed by atoms with Crippen LogP contribution in [0, 0.1) is 28.6 Å². The molecular formula is C26H40N2O4S. The number of aromatic nitrogens is 1. The lowest BCUT2D eigenvalue weighted by Gasteiger charge is -2.53. The smallest absolute Gasteiger partial charge is 0.311 e. The molecular weight excluding hydrogens is 436 g/mol. The summed E-state index contributed by atoms with van der Waals surface area (Å²) in [5.74, 6) is -0.376. The molecule has 0 bridgehead atoms. The topological polar surface area (TPSA) is 79.7 Å². The van der Waals surface area contributed by atoms with Crippen LogP contribution in [0.5, 0.6) is 0 Å². The molecule has 0 saturated heterocycles. The van der Waals surface area contributed by atoms with E-state index in [0.29, 0.717) is 6.54 Å². The molecule has 33 heavy (non-hydrogen) atoms. The molecule has 1 aromatic rings. The maximum absolute atomic E-state index is 12.9. The van der Waals surface area contributed by atoms with E-state index in [4.69, 9.17) is 9.72 Å². The minimum atomic E-state index is -0.563. The molecule has 1 aromatic heterocycles. The molecule has 184 valence electrons. The summed E-state index contributed by atoms with van der Waals surface area (Å²) in [6, 6.07) is 0. The number of hydrogen-bond donors (Lipinski definition) is 1. The Labute approximate surface area is 202 Å². The third-order valence-electron chi connectivity index (χ3n) is 7.72. The second-order valence-corrected chi connectivity index (χ2v) is 12.5. The van der Waals surface area contributed by atoms with Crippen LogP contribution in [-0.4, -0.2) is 46.6 Å². The van der Waals surface area contributed by atoms with Crippen LogP contribution >= 0.6 is 11.3 Å². The first-order valence-electron chi connectivity index (χ1n) is 12.0. The number of carbonyl (C=O) groups excluding carboxylic acids is 2. The highest BCUT2D eigenvalue weighted by atomic mass is 32.1. The molecule has 6 atom stereocenters. The Bertz CT molecular complexity index is 905. The number of aliphatic hydroxyl groups is 1. The van der Waals surface area contributed by atoms with Gasteiger partial charge in [0.15, 0.2) is 0 Å². The van der Waals surface area contributed by atoms with Crippen molar-refractivity contribution in [2.45, 2.75) is 79.4 Å². The Morgan fingerprint density at radius 3 is 2.70 bits per heavy atom. The Kier molecular flexibility index (Phi) is 7.45. The number of likely N-dealkylation sites (N-methyl/N-ethyl adjacent to an activating group) is 1. The molecule has 1 heterocycles. The van der Waals surface area contributed by atoms with Gasteiger partial charge in [-0.05, 0) is 57.3 Å². The number of fused-ring (bicyclic) bond motifs is 2. The summed E-state index contributed by atoms with van der Waals surface area (Å²) in [6.07, 6.45) is 3.83. The second kappa shape index (κ2) is 9.49. The Hall–Kier alpha value is -1.73. The van der Waals surface area contributed by atoms with Gasteiger partial charge in [0.2, 0.25) is 5.91 Å². The second-order valence-electron chi connectivity index (χ2n) is 11.4. The zero-order valence-corrected chi connectivity index (χ0v) is 22.0. The van der Waals surface area contributed by atoms with Crippen LogP contribution in [0.3, 0.4) is 0 Å². The van der Waals surface area contributed by atoms with E-state index < -0.39 is 11.5 Å². The number of nitrogens with zero attached hydrogens (tertiary/aromatic N) is 2. The van der Waals surface area contributed by atoms with Crippen molar-refractivity contribution in [1.29, 1.82) is 0 Å². The van der Waals surface area contributed by atoms with E-state index in [-0.39, 0.29) is 47.6 Å². The third-order valence-corrected chi connectivity index (χ3v) is 8.76. The number of esters is 1. The fraction of sp³-hybridized carbons (Fsp3) is 0.731. The molecule has 7 heteroatoms. The minimum absolute atomic E-state index is 0.0377. The predicted molar refractivity (Wildman–Crippen MR) is 131 cm³/mol. The first kappa shape index (κ1) is 25.9. The number of thiazole rings is 1. The van der Waals surface area contributed by atoms with Crippen LogP contribution in [-0.2, 0) is 27.4 Å². The summed E-state index contributed by atoms with van der Waals surface area (Å²) >= 11 is 1.63. The van der Waals surface area contributed by atoms with Crippen LogP contribution in [0.15, 0.2) is 12.7 Å². The molecule has 1 fully saturated rings. The molecule has 1 amide bonds. The van der Waals surface area contributed by atoms with Gasteiger partial charge >= 0.3 is 5.97 Å². The van der Waals surface area contributed by atoms with Crippen LogP contribution < -0.4 is 0 Å². The lowest BCUT2D eigenvalue weighted by molar-refractivity contribution is -0.154. The molecule has 1 N–H and O–H groups in total. The average molecular weight is 477 g/mol. The number of carbonyl (C=O) groups is 2. The lowest BCUT2D eigenvalue weighted by Crippen LogP contribution is -2.53. The molecule has 1 saturated carbocycles. The molecule has 6 nitrogen and oxygen atoms in total. The molecule has 0 aliphatic heterocycles. The van der Waals surface area contributed by atoms with E-state index in [1.165, 1.54) is 4.88 Å². The van der Waals surface area contributed by atoms with Gasteiger partial charge in [0, 0.05) is 30.3 Å². The first-order valence-corrected chi connectivity index (χ1v) is 12.8. The zero-order valence-electron chi connectivity index (χ0n) is 21.2. The molecule has 1 unspecified atom stereocenters. The number of aliphatic hydroxyl groups excluding tert-OH is 1. The van der Waals surface area contributed by atoms with Gasteiger partial charge in [-0.3, -0.25) is 9.59 Å². The van der Waals surface area contributed by atoms with Gasteiger partial charge in [-0.15, -0.1) is 17.9 Å². The highest BCUT2D eigenvalue weighted by Crippen LogP contribution is 2.57. The van der Waals surface area contributed by atoms with Crippen molar-refractivity contribution in [2.75, 3.05) is 13.6 Å². The van der Waals surface area contributed by atoms with Gasteiger partial charge in [0.25, 0.3) is 0 Å². The molecule has 3 rings (SSSR count). The zero-order chi connectivity index (χ0) is 24.7. The van der Waals surface area contributed by atoms with Crippen molar-refractivity contribution < 1.29 is 19.4 Å². The quantitative estimate of drug-likeness (QED) is 0.481. The fourth-order valence-electron chi connectivity index (χ4n) is 5.82. The highest BCUT2D eigenvalue weighted by Gasteiger charge is 2.54. The largest absolute Gasteiger partial charge is 0.458 e. The number of ether oxygens (including phenoxy) is 1. The van der Waals surface area contributed by atoms with Gasteiger partial charge in [-0.2, -0.15) is 0 Å². The first-order chi connectivity index (χ1) is 15.3. The van der Waals surface area contributed by atoms with E-state index in [2.05, 4.69) is 20.4 Å². The van der Waals surface area contributed by atoms with Crippen molar-refractivity contribution in [3.63, 3.8) is 0 Å². The minimum Gasteiger partial charge on any atom is -0.458 e. The van der Waals surface area contributed by atoms with Gasteiger partial charge in [-0.25, -0.2) is 4.98 Å². The lowest BCUT2D eigenvalue weighted by atomic mass is 9.53. The summed E-state index contributed by atoms with van der Waals surface area (Å²) in [4.78, 5) is 32.9. The summed E-state index contributed by atoms with van der Waals surface area (Å²) in [6.45, 7) is 16.3. The van der Waals surface area contributed by atoms with Gasteiger partial charge in [-0.1, -0.05) is 26.8 Å². The number of amides is 1. The Morgan fingerprint density at radius 1 is 1.42 bits per heavy atom. The summed E-state index contributed by atoms with van der Waals surface area (Å²) < 4.78 is 5.50. The van der Waals surface area contributed by atoms with E-state index in [0.717, 1.165) is 30.0 Å². The van der Waals surface area contributed by atoms with Crippen LogP contribution in [0.1, 0.15) is 75.9 Å². The van der Waals surface area contributed by atoms with E-state index in [9.17, 15) is 14.7 Å². The summed E-state index contributed by atoms with van der Waals surface area (Å²) in [7, 11) is 1.79. The van der Waals surface area contributed by atoms with Crippen molar-refractivity contribution >= 4 is 23.2 Å². The highest BCUT2D eigenvalue weighted by molar-refractivity contribution is 7.11. The van der Waals surface area contributed by atoms with Crippen molar-refractivity contribution in [2.24, 2.45) is 28.6 Å². The Morgan fingerprint density at radius 2 is 2.09 bits per heavy atom. The normalized spacial score (nSPS) is 30.1. The van der Waals surface area contributed by atoms with Crippen LogP contribution in [0.4, 0.5) is 0 Å². The standard InChI is InChI=1S/C26H40N2O4S/c1-9-12-28(8)23(30)15(2)17-10-11-26(7)13-18-21(16(3)20(26)22(17)29)27-19(33-18)14-32-24(31)25(4,5)6/h9,15-17,20,22,29H,1,10-14H2,2-8H3/t15-,16-,17?,20+,22-,26-/m0/s1. The van der Waals surface area contributed by atoms with E-state index >= 15 is 0 Å². The average Bonchev–Trinajstić information content (AvgIpc) is 3.13. The fourth-order valence-corrected chi connectivity index (χ4v) is 7.10. The van der Waals surface area contributed by atoms with Gasteiger partial charge in [0.05, 0.1) is 17.2 Å². The molecule has 0 aromatic carbocycles. The summed E-state index contributed by atoms with van der Waals surface area (Å²) in [5, 5.41) is 12.4. The van der Waals surface area contributed by atoms with E-state index in [1.807, 2.05) is 27.7 Å². The van der Waals surface area contributed by atoms with Crippen molar-refractivity contribution in [1.82, 2.24) is 9.88 Å². The van der Waals surface area contributed by atoms with E-state index in [1.54, 1.807) is 29.4 Å². The number of rotatable bonds is 6. The van der Waals surface area contributed by atoms with Gasteiger partial charge < -0.3 is 14.7 Å². The molecule has 0 radical (unpaired) electrons. The summed E-state index contributed by atoms with van der Waals surface area (Å²) in [5.41, 5.74) is 0.440. The Balaban J connectivity index is 1.79. The number of hydrogen-bond acceptors (Lipinski definition) is 6. The van der Waals surface area contributed by atoms with Gasteiger partial charge in [0.1, 0.15) is 11.6 Å². The SMILES string of the molecule is C=CCN(C)C(=O)[C@@H](C)C1CC[C@@]2(C)Cc3sc(COC(=O)C(C)(C)C)nc3[C@@H](C)[C@@H]2[C@H]1O. The van der Waals surface area contributed by atoms with Crippen LogP contribution in [0.25, 0.3) is 0 Å². The molecule has 2 aliphatic carbocycles. The molecule has 2 aliphatic rings. The monoisotopic (exact) mass is 476 g/mol.